The Kier molecular flexibility index (Phi) is 9.39. The van der Waals surface area contributed by atoms with Gasteiger partial charge in [0, 0.05) is 11.8 Å². The van der Waals surface area contributed by atoms with Crippen LogP contribution >= 0.6 is 0 Å². The summed E-state index contributed by atoms with van der Waals surface area (Å²) in [6.45, 7) is 15.6. The molecule has 3 aliphatic carbocycles. The molecule has 0 saturated heterocycles. The molecule has 0 unspecified atom stereocenters. The summed E-state index contributed by atoms with van der Waals surface area (Å²) in [6, 6.07) is 9.80. The van der Waals surface area contributed by atoms with Crippen molar-refractivity contribution in [1.82, 2.24) is 0 Å². The van der Waals surface area contributed by atoms with Crippen molar-refractivity contribution in [3.05, 3.63) is 77.4 Å². The molecule has 4 rings (SSSR count). The molecule has 39 heavy (non-hydrogen) atoms. The van der Waals surface area contributed by atoms with Crippen molar-refractivity contribution in [3.8, 4) is 5.75 Å². The van der Waals surface area contributed by atoms with Gasteiger partial charge in [-0.3, -0.25) is 0 Å². The summed E-state index contributed by atoms with van der Waals surface area (Å²) in [7, 11) is 0. The molecule has 1 aromatic carbocycles. The van der Waals surface area contributed by atoms with Crippen LogP contribution in [0.2, 0.25) is 0 Å². The number of benzene rings is 1. The van der Waals surface area contributed by atoms with E-state index in [1.165, 1.54) is 18.4 Å². The predicted molar refractivity (Wildman–Crippen MR) is 162 cm³/mol. The molecule has 2 fully saturated rings. The van der Waals surface area contributed by atoms with Gasteiger partial charge in [-0.25, -0.2) is 0 Å². The zero-order valence-corrected chi connectivity index (χ0v) is 24.7. The van der Waals surface area contributed by atoms with Crippen molar-refractivity contribution < 1.29 is 15.1 Å². The molecule has 1 aromatic rings. The van der Waals surface area contributed by atoms with E-state index in [1.54, 1.807) is 5.57 Å². The summed E-state index contributed by atoms with van der Waals surface area (Å²) >= 11 is 0. The van der Waals surface area contributed by atoms with Crippen LogP contribution in [0.1, 0.15) is 92.4 Å². The van der Waals surface area contributed by atoms with E-state index in [9.17, 15) is 10.2 Å². The zero-order chi connectivity index (χ0) is 28.2. The van der Waals surface area contributed by atoms with Gasteiger partial charge >= 0.3 is 0 Å². The van der Waals surface area contributed by atoms with Gasteiger partial charge in [0.15, 0.2) is 5.75 Å². The van der Waals surface area contributed by atoms with Gasteiger partial charge < -0.3 is 15.1 Å². The van der Waals surface area contributed by atoms with E-state index >= 15 is 0 Å². The first kappa shape index (κ1) is 29.6. The second-order valence-corrected chi connectivity index (χ2v) is 13.3. The molecule has 2 N–H and O–H groups in total. The molecule has 0 heterocycles. The smallest absolute Gasteiger partial charge is 0.157 e. The molecule has 2 saturated carbocycles. The number of para-hydroxylation sites is 1. The summed E-state index contributed by atoms with van der Waals surface area (Å²) in [5.41, 5.74) is 6.19. The van der Waals surface area contributed by atoms with Crippen molar-refractivity contribution in [1.29, 1.82) is 0 Å². The van der Waals surface area contributed by atoms with Gasteiger partial charge in [0.25, 0.3) is 0 Å². The monoisotopic (exact) mass is 531 g/mol. The Labute approximate surface area is 236 Å². The highest BCUT2D eigenvalue weighted by Crippen LogP contribution is 2.57. The Morgan fingerprint density at radius 1 is 1.21 bits per heavy atom. The Hall–Kier alpha value is -2.43. The summed E-state index contributed by atoms with van der Waals surface area (Å²) in [5.74, 6) is 1.86. The van der Waals surface area contributed by atoms with Gasteiger partial charge in [-0.1, -0.05) is 93.9 Å². The Bertz CT molecular complexity index is 1140. The average molecular weight is 532 g/mol. The van der Waals surface area contributed by atoms with E-state index in [0.29, 0.717) is 24.7 Å². The highest BCUT2D eigenvalue weighted by molar-refractivity contribution is 5.88. The molecule has 0 spiro atoms. The van der Waals surface area contributed by atoms with Crippen LogP contribution in [0.15, 0.2) is 82.6 Å². The van der Waals surface area contributed by atoms with Crippen LogP contribution in [0.3, 0.4) is 0 Å². The fourth-order valence-electron chi connectivity index (χ4n) is 6.96. The average Bonchev–Trinajstić information content (AvgIpc) is 3.24. The predicted octanol–water partition coefficient (Wildman–Crippen LogP) is 8.34. The van der Waals surface area contributed by atoms with Crippen LogP contribution in [-0.2, 0) is 0 Å². The Balaban J connectivity index is 1.39. The molecule has 5 atom stereocenters. The molecule has 0 aliphatic heterocycles. The van der Waals surface area contributed by atoms with Crippen LogP contribution in [0.4, 0.5) is 0 Å². The topological polar surface area (TPSA) is 62.0 Å². The molecule has 0 bridgehead atoms. The summed E-state index contributed by atoms with van der Waals surface area (Å²) in [5, 5.41) is 24.9. The standard InChI is InChI=1S/C35H49NO3/c1-24(12-10-16-33(34(3,4)5)36-39-29-14-8-7-9-15-29)30-19-20-31-26(13-11-21-35(30,31)6)17-18-27-22-28(37)23-32(38)25(27)2/h7-9,14-15,17-19,24,28,31-32,37-38H,2,10-13,16,20-23H2,1,3-6H3/b26-17+,27-18-,36-33-/t24-,28-,31+,32+,35-/m1/s1. The second-order valence-electron chi connectivity index (χ2n) is 13.3. The number of nitrogens with zero attached hydrogens (tertiary/aromatic N) is 1. The minimum absolute atomic E-state index is 0.0327. The molecule has 0 amide bonds. The number of hydrogen-bond donors (Lipinski definition) is 2. The number of allylic oxidation sites excluding steroid dienone is 5. The Morgan fingerprint density at radius 2 is 1.95 bits per heavy atom. The first-order valence-corrected chi connectivity index (χ1v) is 14.9. The van der Waals surface area contributed by atoms with Crippen LogP contribution in [-0.4, -0.2) is 28.1 Å². The van der Waals surface area contributed by atoms with Gasteiger partial charge in [-0.15, -0.1) is 0 Å². The number of hydrogen-bond acceptors (Lipinski definition) is 4. The van der Waals surface area contributed by atoms with E-state index in [2.05, 4.69) is 64.6 Å². The largest absolute Gasteiger partial charge is 0.393 e. The van der Waals surface area contributed by atoms with Gasteiger partial charge in [-0.05, 0) is 91.9 Å². The highest BCUT2D eigenvalue weighted by Gasteiger charge is 2.45. The molecule has 0 aromatic heterocycles. The summed E-state index contributed by atoms with van der Waals surface area (Å²) < 4.78 is 0. The molecule has 212 valence electrons. The summed E-state index contributed by atoms with van der Waals surface area (Å²) in [4.78, 5) is 5.77. The minimum Gasteiger partial charge on any atom is -0.393 e. The second kappa shape index (κ2) is 12.4. The number of aliphatic hydroxyl groups excluding tert-OH is 2. The van der Waals surface area contributed by atoms with Crippen molar-refractivity contribution in [2.45, 2.75) is 105 Å². The van der Waals surface area contributed by atoms with Gasteiger partial charge in [0.05, 0.1) is 17.9 Å². The van der Waals surface area contributed by atoms with Crippen molar-refractivity contribution >= 4 is 5.71 Å². The first-order chi connectivity index (χ1) is 18.5. The van der Waals surface area contributed by atoms with E-state index in [0.717, 1.165) is 54.7 Å². The van der Waals surface area contributed by atoms with E-state index in [1.807, 2.05) is 30.3 Å². The lowest BCUT2D eigenvalue weighted by Gasteiger charge is -2.42. The van der Waals surface area contributed by atoms with E-state index in [-0.39, 0.29) is 10.8 Å². The molecular formula is C35H49NO3. The fraction of sp³-hybridized carbons (Fsp3) is 0.571. The maximum atomic E-state index is 10.2. The van der Waals surface area contributed by atoms with Crippen LogP contribution in [0.25, 0.3) is 0 Å². The molecule has 3 aliphatic rings. The SMILES string of the molecule is C=C1/C(=C\C=C2/CCC[C@]3(C)C([C@H](C)CCC/C(=N/Oc4ccccc4)C(C)(C)C)=CC[C@@H]23)C[C@@H](O)C[C@@H]1O. The van der Waals surface area contributed by atoms with E-state index in [4.69, 9.17) is 4.84 Å². The minimum atomic E-state index is -0.635. The van der Waals surface area contributed by atoms with Crippen molar-refractivity contribution in [3.63, 3.8) is 0 Å². The lowest BCUT2D eigenvalue weighted by molar-refractivity contribution is 0.0862. The highest BCUT2D eigenvalue weighted by atomic mass is 16.6. The van der Waals surface area contributed by atoms with Crippen LogP contribution < -0.4 is 4.84 Å². The molecule has 0 radical (unpaired) electrons. The lowest BCUT2D eigenvalue weighted by atomic mass is 9.62. The Morgan fingerprint density at radius 3 is 2.67 bits per heavy atom. The number of aliphatic hydroxyl groups is 2. The molecule has 4 nitrogen and oxygen atoms in total. The zero-order valence-electron chi connectivity index (χ0n) is 24.7. The third-order valence-corrected chi connectivity index (χ3v) is 9.33. The van der Waals surface area contributed by atoms with E-state index < -0.39 is 12.2 Å². The molecular weight excluding hydrogens is 482 g/mol. The summed E-state index contributed by atoms with van der Waals surface area (Å²) in [6.07, 6.45) is 14.7. The maximum absolute atomic E-state index is 10.2. The first-order valence-electron chi connectivity index (χ1n) is 14.9. The fourth-order valence-corrected chi connectivity index (χ4v) is 6.96. The van der Waals surface area contributed by atoms with Gasteiger partial charge in [0.1, 0.15) is 0 Å². The quantitative estimate of drug-likeness (QED) is 0.201. The van der Waals surface area contributed by atoms with Gasteiger partial charge in [0.2, 0.25) is 0 Å². The number of oxime groups is 1. The third-order valence-electron chi connectivity index (χ3n) is 9.33. The maximum Gasteiger partial charge on any atom is 0.157 e. The number of rotatable bonds is 8. The molecule has 4 heteroatoms. The third kappa shape index (κ3) is 7.02. The van der Waals surface area contributed by atoms with Crippen LogP contribution in [0.5, 0.6) is 5.75 Å². The normalized spacial score (nSPS) is 30.8. The van der Waals surface area contributed by atoms with Crippen LogP contribution in [0, 0.1) is 22.7 Å². The van der Waals surface area contributed by atoms with Gasteiger partial charge in [-0.2, -0.15) is 0 Å². The lowest BCUT2D eigenvalue weighted by Crippen LogP contribution is -2.32. The van der Waals surface area contributed by atoms with Crippen molar-refractivity contribution in [2.24, 2.45) is 27.8 Å². The van der Waals surface area contributed by atoms with Crippen molar-refractivity contribution in [2.75, 3.05) is 0 Å². The number of fused-ring (bicyclic) bond motifs is 1.